The first kappa shape index (κ1) is 16.6. The summed E-state index contributed by atoms with van der Waals surface area (Å²) in [6, 6.07) is 3.51. The van der Waals surface area contributed by atoms with Gasteiger partial charge in [0.05, 0.1) is 10.6 Å². The maximum Gasteiger partial charge on any atom is 0.259 e. The minimum Gasteiger partial charge on any atom is -0.320 e. The number of carbonyl (C=O) groups excluding carboxylic acids is 1. The van der Waals surface area contributed by atoms with Crippen LogP contribution in [0.1, 0.15) is 22.8 Å². The van der Waals surface area contributed by atoms with Crippen LogP contribution in [0.4, 0.5) is 0 Å². The molecule has 8 heteroatoms. The van der Waals surface area contributed by atoms with Crippen LogP contribution in [0.5, 0.6) is 0 Å². The van der Waals surface area contributed by atoms with Crippen molar-refractivity contribution in [3.63, 3.8) is 0 Å². The largest absolute Gasteiger partial charge is 0.320 e. The Bertz CT molecular complexity index is 535. The zero-order valence-corrected chi connectivity index (χ0v) is 13.2. The normalized spacial score (nSPS) is 11.3. The van der Waals surface area contributed by atoms with Crippen LogP contribution in [0.2, 0.25) is 5.02 Å². The van der Waals surface area contributed by atoms with E-state index in [-0.39, 0.29) is 5.96 Å². The highest BCUT2D eigenvalue weighted by Gasteiger charge is 2.17. The van der Waals surface area contributed by atoms with Crippen molar-refractivity contribution >= 4 is 35.2 Å². The summed E-state index contributed by atoms with van der Waals surface area (Å²) in [7, 11) is 0. The molecule has 1 aromatic carbocycles. The number of carbonyl (C=O) groups is 1. The second-order valence-electron chi connectivity index (χ2n) is 3.95. The number of hydrogen-bond donors (Lipinski definition) is 3. The molecule has 1 aromatic rings. The molecule has 0 aliphatic carbocycles. The molecule has 110 valence electrons. The van der Waals surface area contributed by atoms with E-state index in [2.05, 4.69) is 10.4 Å². The van der Waals surface area contributed by atoms with E-state index in [1.54, 1.807) is 17.8 Å². The fraction of sp³-hybridized carbons (Fsp3) is 0.333. The number of hydrazone groups is 1. The highest BCUT2D eigenvalue weighted by molar-refractivity contribution is 7.98. The van der Waals surface area contributed by atoms with Gasteiger partial charge in [-0.2, -0.15) is 0 Å². The summed E-state index contributed by atoms with van der Waals surface area (Å²) in [6.45, 7) is 4.13. The average molecular weight is 316 g/mol. The average Bonchev–Trinajstić information content (AvgIpc) is 2.46. The van der Waals surface area contributed by atoms with Crippen molar-refractivity contribution in [1.82, 2.24) is 10.3 Å². The van der Waals surface area contributed by atoms with Crippen molar-refractivity contribution in [3.8, 4) is 0 Å². The molecule has 0 bridgehead atoms. The number of nitrogens with one attached hydrogen (secondary N) is 1. The van der Waals surface area contributed by atoms with Crippen LogP contribution in [0.25, 0.3) is 0 Å². The van der Waals surface area contributed by atoms with Gasteiger partial charge >= 0.3 is 0 Å². The van der Waals surface area contributed by atoms with Crippen LogP contribution in [0.3, 0.4) is 0 Å². The number of rotatable bonds is 3. The Hall–Kier alpha value is -1.44. The SMILES string of the molecule is CCN(N)/C(=N\N)NC(=O)c1ccc(SC)c(C)c1Cl. The first-order chi connectivity index (χ1) is 9.46. The molecule has 6 nitrogen and oxygen atoms in total. The predicted molar refractivity (Wildman–Crippen MR) is 83.6 cm³/mol. The third-order valence-corrected chi connectivity index (χ3v) is 4.13. The van der Waals surface area contributed by atoms with E-state index in [9.17, 15) is 4.79 Å². The molecule has 0 aromatic heterocycles. The molecule has 0 radical (unpaired) electrons. The standard InChI is InChI=1S/C12H18ClN5OS/c1-4-18(15)12(17-14)16-11(19)8-5-6-9(20-3)7(2)10(8)13/h5-6H,4,14-15H2,1-3H3,(H,16,17,19). The van der Waals surface area contributed by atoms with Crippen LogP contribution < -0.4 is 17.0 Å². The van der Waals surface area contributed by atoms with Gasteiger partial charge in [0.15, 0.2) is 0 Å². The van der Waals surface area contributed by atoms with Crippen LogP contribution >= 0.6 is 23.4 Å². The fourth-order valence-corrected chi connectivity index (χ4v) is 2.48. The Kier molecular flexibility index (Phi) is 6.12. The molecule has 1 rings (SSSR count). The smallest absolute Gasteiger partial charge is 0.259 e. The van der Waals surface area contributed by atoms with Crippen molar-refractivity contribution in [3.05, 3.63) is 28.3 Å². The van der Waals surface area contributed by atoms with Gasteiger partial charge in [-0.1, -0.05) is 11.6 Å². The molecule has 0 atom stereocenters. The van der Waals surface area contributed by atoms with Crippen molar-refractivity contribution in [2.75, 3.05) is 12.8 Å². The molecule has 0 saturated heterocycles. The quantitative estimate of drug-likeness (QED) is 0.258. The molecule has 5 N–H and O–H groups in total. The summed E-state index contributed by atoms with van der Waals surface area (Å²) in [6.07, 6.45) is 1.95. The summed E-state index contributed by atoms with van der Waals surface area (Å²) >= 11 is 7.79. The lowest BCUT2D eigenvalue weighted by atomic mass is 10.1. The lowest BCUT2D eigenvalue weighted by Gasteiger charge is -2.18. The Labute approximate surface area is 127 Å². The Morgan fingerprint density at radius 2 is 2.20 bits per heavy atom. The van der Waals surface area contributed by atoms with E-state index in [4.69, 9.17) is 23.3 Å². The Balaban J connectivity index is 3.02. The van der Waals surface area contributed by atoms with Gasteiger partial charge < -0.3 is 5.84 Å². The summed E-state index contributed by atoms with van der Waals surface area (Å²) in [4.78, 5) is 13.2. The fourth-order valence-electron chi connectivity index (χ4n) is 1.56. The third-order valence-electron chi connectivity index (χ3n) is 2.76. The number of guanidine groups is 1. The zero-order valence-electron chi connectivity index (χ0n) is 11.6. The number of thioether (sulfide) groups is 1. The molecule has 20 heavy (non-hydrogen) atoms. The molecule has 0 spiro atoms. The number of halogens is 1. The van der Waals surface area contributed by atoms with Crippen molar-refractivity contribution in [1.29, 1.82) is 0 Å². The second kappa shape index (κ2) is 7.37. The van der Waals surface area contributed by atoms with Crippen LogP contribution in [0.15, 0.2) is 22.1 Å². The minimum absolute atomic E-state index is 0.0835. The Morgan fingerprint density at radius 1 is 1.55 bits per heavy atom. The van der Waals surface area contributed by atoms with Gasteiger partial charge in [0.2, 0.25) is 5.96 Å². The number of nitrogens with zero attached hydrogens (tertiary/aromatic N) is 2. The van der Waals surface area contributed by atoms with Gasteiger partial charge in [0, 0.05) is 11.4 Å². The summed E-state index contributed by atoms with van der Waals surface area (Å²) in [5, 5.41) is 7.62. The maximum atomic E-state index is 12.2. The zero-order chi connectivity index (χ0) is 15.3. The van der Waals surface area contributed by atoms with Crippen LogP contribution in [-0.4, -0.2) is 29.7 Å². The van der Waals surface area contributed by atoms with Gasteiger partial charge in [-0.25, -0.2) is 5.84 Å². The first-order valence-corrected chi connectivity index (χ1v) is 7.51. The van der Waals surface area contributed by atoms with Gasteiger partial charge in [-0.05, 0) is 37.8 Å². The van der Waals surface area contributed by atoms with Gasteiger partial charge in [0.25, 0.3) is 5.91 Å². The number of nitrogens with two attached hydrogens (primary N) is 2. The van der Waals surface area contributed by atoms with Gasteiger partial charge in [-0.3, -0.25) is 15.1 Å². The molecule has 0 unspecified atom stereocenters. The number of benzene rings is 1. The second-order valence-corrected chi connectivity index (χ2v) is 5.17. The van der Waals surface area contributed by atoms with E-state index in [0.29, 0.717) is 17.1 Å². The molecule has 0 fully saturated rings. The Morgan fingerprint density at radius 3 is 2.70 bits per heavy atom. The minimum atomic E-state index is -0.404. The van der Waals surface area contributed by atoms with Crippen LogP contribution in [0, 0.1) is 6.92 Å². The first-order valence-electron chi connectivity index (χ1n) is 5.90. The van der Waals surface area contributed by atoms with Crippen LogP contribution in [-0.2, 0) is 0 Å². The molecular formula is C12H18ClN5OS. The van der Waals surface area contributed by atoms with E-state index in [0.717, 1.165) is 10.5 Å². The summed E-state index contributed by atoms with van der Waals surface area (Å²) < 4.78 is 0. The lowest BCUT2D eigenvalue weighted by Crippen LogP contribution is -2.48. The van der Waals surface area contributed by atoms with Gasteiger partial charge in [-0.15, -0.1) is 16.9 Å². The maximum absolute atomic E-state index is 12.2. The topological polar surface area (TPSA) is 96.7 Å². The third kappa shape index (κ3) is 3.56. The van der Waals surface area contributed by atoms with E-state index >= 15 is 0 Å². The highest BCUT2D eigenvalue weighted by atomic mass is 35.5. The number of hydrazine groups is 1. The van der Waals surface area contributed by atoms with Crippen molar-refractivity contribution in [2.45, 2.75) is 18.7 Å². The lowest BCUT2D eigenvalue weighted by molar-refractivity contribution is 0.0972. The monoisotopic (exact) mass is 315 g/mol. The van der Waals surface area contributed by atoms with Crippen molar-refractivity contribution in [2.24, 2.45) is 16.8 Å². The molecule has 0 aliphatic heterocycles. The van der Waals surface area contributed by atoms with E-state index in [1.165, 1.54) is 5.01 Å². The predicted octanol–water partition coefficient (Wildman–Crippen LogP) is 1.53. The summed E-state index contributed by atoms with van der Waals surface area (Å²) in [5.41, 5.74) is 1.21. The molecular weight excluding hydrogens is 298 g/mol. The van der Waals surface area contributed by atoms with E-state index < -0.39 is 5.91 Å². The van der Waals surface area contributed by atoms with E-state index in [1.807, 2.05) is 26.2 Å². The molecule has 0 saturated carbocycles. The number of amides is 1. The molecule has 1 amide bonds. The van der Waals surface area contributed by atoms with Crippen molar-refractivity contribution < 1.29 is 4.79 Å². The summed E-state index contributed by atoms with van der Waals surface area (Å²) in [5.74, 6) is 10.5. The molecule has 0 aliphatic rings. The molecule has 0 heterocycles. The highest BCUT2D eigenvalue weighted by Crippen LogP contribution is 2.29. The van der Waals surface area contributed by atoms with Gasteiger partial charge in [0.1, 0.15) is 0 Å². The number of hydrogen-bond acceptors (Lipinski definition) is 5.